The first-order valence-electron chi connectivity index (χ1n) is 10.2. The van der Waals surface area contributed by atoms with Gasteiger partial charge in [0.25, 0.3) is 10.0 Å². The van der Waals surface area contributed by atoms with E-state index in [0.717, 1.165) is 16.9 Å². The smallest absolute Gasteiger partial charge is 0.269 e. The van der Waals surface area contributed by atoms with Crippen molar-refractivity contribution in [1.29, 1.82) is 0 Å². The Morgan fingerprint density at radius 1 is 0.909 bits per heavy atom. The second-order valence-corrected chi connectivity index (χ2v) is 9.26. The number of nitrogen functional groups attached to an aromatic ring is 1. The Bertz CT molecular complexity index is 1550. The summed E-state index contributed by atoms with van der Waals surface area (Å²) in [6.07, 6.45) is 4.64. The number of aromatic nitrogens is 4. The van der Waals surface area contributed by atoms with E-state index in [2.05, 4.69) is 20.3 Å². The molecule has 5 aromatic rings. The van der Waals surface area contributed by atoms with Gasteiger partial charge in [0.15, 0.2) is 5.65 Å². The second kappa shape index (κ2) is 8.36. The van der Waals surface area contributed by atoms with E-state index in [1.54, 1.807) is 42.6 Å². The number of hydrogen-bond donors (Lipinski definition) is 2. The molecule has 0 saturated carbocycles. The minimum Gasteiger partial charge on any atom is -0.399 e. The van der Waals surface area contributed by atoms with Gasteiger partial charge in [-0.2, -0.15) is 0 Å². The Balaban J connectivity index is 1.43. The standard InChI is InChI=1S/C24H20N6O2S/c25-19-5-4-6-20(12-19)26-15-21-13-23(29-16-28-21)18-11-17-9-10-30(24(17)27-14-18)33(31,32)22-7-2-1-3-8-22/h1-14,16,26H,15,25H2. The molecule has 0 amide bonds. The van der Waals surface area contributed by atoms with Crippen molar-refractivity contribution >= 4 is 32.4 Å². The molecular weight excluding hydrogens is 436 g/mol. The third-order valence-corrected chi connectivity index (χ3v) is 6.85. The van der Waals surface area contributed by atoms with Gasteiger partial charge in [0, 0.05) is 34.7 Å². The summed E-state index contributed by atoms with van der Waals surface area (Å²) in [5.41, 5.74) is 10.0. The lowest BCUT2D eigenvalue weighted by atomic mass is 10.1. The minimum atomic E-state index is -3.73. The van der Waals surface area contributed by atoms with Crippen LogP contribution in [0.15, 0.2) is 96.4 Å². The quantitative estimate of drug-likeness (QED) is 0.372. The summed E-state index contributed by atoms with van der Waals surface area (Å²) >= 11 is 0. The molecule has 0 aliphatic carbocycles. The molecule has 33 heavy (non-hydrogen) atoms. The first-order chi connectivity index (χ1) is 16.0. The summed E-state index contributed by atoms with van der Waals surface area (Å²) in [4.78, 5) is 13.3. The maximum Gasteiger partial charge on any atom is 0.269 e. The van der Waals surface area contributed by atoms with Crippen molar-refractivity contribution in [3.8, 4) is 11.3 Å². The van der Waals surface area contributed by atoms with Gasteiger partial charge in [-0.1, -0.05) is 24.3 Å². The number of nitrogens with one attached hydrogen (secondary N) is 1. The molecule has 2 aromatic carbocycles. The molecule has 0 saturated heterocycles. The molecule has 9 heteroatoms. The van der Waals surface area contributed by atoms with Gasteiger partial charge in [-0.15, -0.1) is 0 Å². The third-order valence-electron chi connectivity index (χ3n) is 5.17. The first kappa shape index (κ1) is 20.7. The van der Waals surface area contributed by atoms with Crippen molar-refractivity contribution < 1.29 is 8.42 Å². The Labute approximate surface area is 190 Å². The first-order valence-corrected chi connectivity index (χ1v) is 11.6. The summed E-state index contributed by atoms with van der Waals surface area (Å²) < 4.78 is 27.2. The molecule has 5 rings (SSSR count). The second-order valence-electron chi connectivity index (χ2n) is 7.44. The van der Waals surface area contributed by atoms with Crippen LogP contribution >= 0.6 is 0 Å². The largest absolute Gasteiger partial charge is 0.399 e. The number of pyridine rings is 1. The molecule has 0 unspecified atom stereocenters. The number of fused-ring (bicyclic) bond motifs is 1. The topological polar surface area (TPSA) is 116 Å². The van der Waals surface area contributed by atoms with Gasteiger partial charge in [-0.25, -0.2) is 27.3 Å². The summed E-state index contributed by atoms with van der Waals surface area (Å²) in [6.45, 7) is 0.500. The van der Waals surface area contributed by atoms with E-state index < -0.39 is 10.0 Å². The average Bonchev–Trinajstić information content (AvgIpc) is 3.28. The van der Waals surface area contributed by atoms with Gasteiger partial charge in [-0.05, 0) is 48.5 Å². The summed E-state index contributed by atoms with van der Waals surface area (Å²) in [7, 11) is -3.73. The lowest BCUT2D eigenvalue weighted by molar-refractivity contribution is 0.589. The van der Waals surface area contributed by atoms with E-state index in [9.17, 15) is 8.42 Å². The van der Waals surface area contributed by atoms with Crippen LogP contribution in [0.3, 0.4) is 0 Å². The minimum absolute atomic E-state index is 0.210. The van der Waals surface area contributed by atoms with Crippen molar-refractivity contribution in [2.24, 2.45) is 0 Å². The van der Waals surface area contributed by atoms with E-state index in [1.165, 1.54) is 16.5 Å². The van der Waals surface area contributed by atoms with Gasteiger partial charge in [0.1, 0.15) is 6.33 Å². The summed E-state index contributed by atoms with van der Waals surface area (Å²) in [5.74, 6) is 0. The lowest BCUT2D eigenvalue weighted by Crippen LogP contribution is -2.12. The monoisotopic (exact) mass is 456 g/mol. The zero-order chi connectivity index (χ0) is 22.8. The Morgan fingerprint density at radius 2 is 1.76 bits per heavy atom. The number of hydrogen-bond acceptors (Lipinski definition) is 7. The van der Waals surface area contributed by atoms with Crippen LogP contribution in [0.2, 0.25) is 0 Å². The maximum absolute atomic E-state index is 13.0. The number of benzene rings is 2. The van der Waals surface area contributed by atoms with Crippen LogP contribution in [-0.2, 0) is 16.6 Å². The van der Waals surface area contributed by atoms with Crippen LogP contribution in [0.5, 0.6) is 0 Å². The summed E-state index contributed by atoms with van der Waals surface area (Å²) in [6, 6.07) is 21.3. The fourth-order valence-corrected chi connectivity index (χ4v) is 4.86. The molecule has 0 aliphatic heterocycles. The van der Waals surface area contributed by atoms with E-state index in [4.69, 9.17) is 5.73 Å². The molecule has 0 fully saturated rings. The van der Waals surface area contributed by atoms with Gasteiger partial charge < -0.3 is 11.1 Å². The van der Waals surface area contributed by atoms with Crippen LogP contribution in [0.4, 0.5) is 11.4 Å². The fraction of sp³-hybridized carbons (Fsp3) is 0.0417. The molecule has 0 atom stereocenters. The molecule has 3 heterocycles. The fourth-order valence-electron chi connectivity index (χ4n) is 3.53. The summed E-state index contributed by atoms with van der Waals surface area (Å²) in [5, 5.41) is 3.99. The Hall–Kier alpha value is -4.24. The number of anilines is 2. The van der Waals surface area contributed by atoms with Gasteiger partial charge in [0.05, 0.1) is 22.8 Å². The Morgan fingerprint density at radius 3 is 2.58 bits per heavy atom. The number of nitrogens with two attached hydrogens (primary N) is 1. The predicted molar refractivity (Wildman–Crippen MR) is 128 cm³/mol. The van der Waals surface area contributed by atoms with Gasteiger partial charge >= 0.3 is 0 Å². The van der Waals surface area contributed by atoms with Crippen molar-refractivity contribution in [2.75, 3.05) is 11.1 Å². The third kappa shape index (κ3) is 4.13. The normalized spacial score (nSPS) is 11.5. The molecule has 0 radical (unpaired) electrons. The van der Waals surface area contributed by atoms with E-state index in [-0.39, 0.29) is 4.90 Å². The van der Waals surface area contributed by atoms with Crippen molar-refractivity contribution in [3.05, 3.63) is 97.2 Å². The molecule has 164 valence electrons. The van der Waals surface area contributed by atoms with Crippen LogP contribution in [0, 0.1) is 0 Å². The van der Waals surface area contributed by atoms with Crippen molar-refractivity contribution in [1.82, 2.24) is 18.9 Å². The Kier molecular flexibility index (Phi) is 5.23. The van der Waals surface area contributed by atoms with E-state index in [1.807, 2.05) is 36.4 Å². The molecule has 0 bridgehead atoms. The van der Waals surface area contributed by atoms with Crippen LogP contribution < -0.4 is 11.1 Å². The molecule has 0 spiro atoms. The highest BCUT2D eigenvalue weighted by Gasteiger charge is 2.19. The average molecular weight is 457 g/mol. The molecule has 0 aliphatic rings. The molecular formula is C24H20N6O2S. The van der Waals surface area contributed by atoms with E-state index in [0.29, 0.717) is 29.0 Å². The highest BCUT2D eigenvalue weighted by atomic mass is 32.2. The maximum atomic E-state index is 13.0. The number of rotatable bonds is 6. The zero-order valence-electron chi connectivity index (χ0n) is 17.5. The predicted octanol–water partition coefficient (Wildman–Crippen LogP) is 3.92. The molecule has 3 aromatic heterocycles. The van der Waals surface area contributed by atoms with Crippen molar-refractivity contribution in [2.45, 2.75) is 11.4 Å². The lowest BCUT2D eigenvalue weighted by Gasteiger charge is -2.09. The zero-order valence-corrected chi connectivity index (χ0v) is 18.3. The van der Waals surface area contributed by atoms with Gasteiger partial charge in [-0.3, -0.25) is 0 Å². The van der Waals surface area contributed by atoms with Crippen LogP contribution in [0.1, 0.15) is 5.69 Å². The SMILES string of the molecule is Nc1cccc(NCc2cc(-c3cnc4c(ccn4S(=O)(=O)c4ccccc4)c3)ncn2)c1. The number of nitrogens with zero attached hydrogens (tertiary/aromatic N) is 4. The van der Waals surface area contributed by atoms with Gasteiger partial charge in [0.2, 0.25) is 0 Å². The molecule has 3 N–H and O–H groups in total. The highest BCUT2D eigenvalue weighted by Crippen LogP contribution is 2.25. The highest BCUT2D eigenvalue weighted by molar-refractivity contribution is 7.90. The van der Waals surface area contributed by atoms with Crippen LogP contribution in [0.25, 0.3) is 22.3 Å². The van der Waals surface area contributed by atoms with Crippen LogP contribution in [-0.4, -0.2) is 27.3 Å². The van der Waals surface area contributed by atoms with E-state index >= 15 is 0 Å². The molecule has 8 nitrogen and oxygen atoms in total. The van der Waals surface area contributed by atoms with Crippen molar-refractivity contribution in [3.63, 3.8) is 0 Å².